The Balaban J connectivity index is 3.54. The number of amides is 1. The number of hydrogen-bond donors (Lipinski definition) is 5. The predicted octanol–water partition coefficient (Wildman–Crippen LogP) is -1.90. The van der Waals surface area contributed by atoms with E-state index in [9.17, 15) is 9.59 Å². The number of rotatable bonds is 7. The zero-order chi connectivity index (χ0) is 11.8. The van der Waals surface area contributed by atoms with Gasteiger partial charge >= 0.3 is 5.97 Å². The molecule has 0 aliphatic carbocycles. The van der Waals surface area contributed by atoms with Gasteiger partial charge in [-0.1, -0.05) is 21.6 Å². The molecule has 0 rings (SSSR count). The van der Waals surface area contributed by atoms with Crippen LogP contribution in [0.3, 0.4) is 0 Å². The Bertz CT molecular complexity index is 228. The minimum absolute atomic E-state index is 0.261. The lowest BCUT2D eigenvalue weighted by Crippen LogP contribution is -2.45. The number of hydrogen-bond acceptors (Lipinski definition) is 7. The molecule has 0 bridgehead atoms. The van der Waals surface area contributed by atoms with Crippen molar-refractivity contribution in [1.82, 2.24) is 5.43 Å². The van der Waals surface area contributed by atoms with Gasteiger partial charge in [-0.2, -0.15) is 0 Å². The van der Waals surface area contributed by atoms with Crippen molar-refractivity contribution < 1.29 is 14.7 Å². The number of carboxylic acid groups (broad SMARTS) is 1. The topological polar surface area (TPSA) is 144 Å². The summed E-state index contributed by atoms with van der Waals surface area (Å²) < 4.78 is 0. The summed E-state index contributed by atoms with van der Waals surface area (Å²) in [5.74, 6) is 3.98. The second-order valence-electron chi connectivity index (χ2n) is 2.63. The number of aliphatic carboxylic acids is 1. The molecule has 0 aliphatic rings. The van der Waals surface area contributed by atoms with Gasteiger partial charge in [0.1, 0.15) is 6.04 Å². The fourth-order valence-electron chi connectivity index (χ4n) is 0.497. The Morgan fingerprint density at radius 2 is 1.67 bits per heavy atom. The van der Waals surface area contributed by atoms with Gasteiger partial charge in [0, 0.05) is 11.5 Å². The quantitative estimate of drug-likeness (QED) is 0.116. The predicted molar refractivity (Wildman–Crippen MR) is 60.8 cm³/mol. The molecule has 9 heteroatoms. The summed E-state index contributed by atoms with van der Waals surface area (Å²) in [6.07, 6.45) is 0. The Labute approximate surface area is 94.9 Å². The van der Waals surface area contributed by atoms with Gasteiger partial charge in [-0.25, -0.2) is 5.84 Å². The summed E-state index contributed by atoms with van der Waals surface area (Å²) in [5, 5.41) is 8.46. The summed E-state index contributed by atoms with van der Waals surface area (Å²) in [7, 11) is 2.54. The van der Waals surface area contributed by atoms with Gasteiger partial charge in [0.15, 0.2) is 0 Å². The standard InChI is InChI=1S/C6H14N4O3S2/c7-3(5(11)10-9)1-14-15-2-4(8)6(12)13/h3-4H,1-2,7-9H2,(H,10,11)(H,12,13). The Morgan fingerprint density at radius 1 is 1.20 bits per heavy atom. The van der Waals surface area contributed by atoms with Crippen molar-refractivity contribution in [2.24, 2.45) is 17.3 Å². The van der Waals surface area contributed by atoms with Gasteiger partial charge in [-0.05, 0) is 0 Å². The van der Waals surface area contributed by atoms with Crippen molar-refractivity contribution in [3.8, 4) is 0 Å². The molecule has 0 heterocycles. The summed E-state index contributed by atoms with van der Waals surface area (Å²) in [5.41, 5.74) is 12.6. The number of nitrogens with one attached hydrogen (secondary N) is 1. The summed E-state index contributed by atoms with van der Waals surface area (Å²) in [4.78, 5) is 21.2. The van der Waals surface area contributed by atoms with E-state index in [-0.39, 0.29) is 5.75 Å². The molecule has 0 aromatic heterocycles. The van der Waals surface area contributed by atoms with Crippen molar-refractivity contribution >= 4 is 33.5 Å². The number of hydrazine groups is 1. The van der Waals surface area contributed by atoms with Crippen LogP contribution in [0.15, 0.2) is 0 Å². The first-order valence-electron chi connectivity index (χ1n) is 3.98. The van der Waals surface area contributed by atoms with Gasteiger partial charge < -0.3 is 16.6 Å². The van der Waals surface area contributed by atoms with Crippen LogP contribution in [0.25, 0.3) is 0 Å². The van der Waals surface area contributed by atoms with Crippen LogP contribution in [-0.2, 0) is 9.59 Å². The molecule has 0 aliphatic heterocycles. The van der Waals surface area contributed by atoms with Crippen LogP contribution >= 0.6 is 21.6 Å². The average Bonchev–Trinajstić information content (AvgIpc) is 2.22. The first kappa shape index (κ1) is 14.5. The highest BCUT2D eigenvalue weighted by Gasteiger charge is 2.14. The molecule has 0 radical (unpaired) electrons. The molecular weight excluding hydrogens is 240 g/mol. The Morgan fingerprint density at radius 3 is 2.07 bits per heavy atom. The van der Waals surface area contributed by atoms with E-state index in [4.69, 9.17) is 22.4 Å². The van der Waals surface area contributed by atoms with Crippen molar-refractivity contribution in [3.05, 3.63) is 0 Å². The van der Waals surface area contributed by atoms with E-state index >= 15 is 0 Å². The number of carbonyl (C=O) groups is 2. The van der Waals surface area contributed by atoms with E-state index in [1.165, 1.54) is 21.6 Å². The highest BCUT2D eigenvalue weighted by atomic mass is 33.1. The van der Waals surface area contributed by atoms with E-state index in [1.54, 1.807) is 0 Å². The van der Waals surface area contributed by atoms with E-state index < -0.39 is 24.0 Å². The van der Waals surface area contributed by atoms with Crippen LogP contribution in [0.2, 0.25) is 0 Å². The van der Waals surface area contributed by atoms with Crippen molar-refractivity contribution in [2.75, 3.05) is 11.5 Å². The summed E-state index contributed by atoms with van der Waals surface area (Å²) >= 11 is 0. The van der Waals surface area contributed by atoms with Crippen LogP contribution in [0.5, 0.6) is 0 Å². The summed E-state index contributed by atoms with van der Waals surface area (Å²) in [6.45, 7) is 0. The molecule has 88 valence electrons. The zero-order valence-electron chi connectivity index (χ0n) is 7.88. The molecule has 1 amide bonds. The lowest BCUT2D eigenvalue weighted by molar-refractivity contribution is -0.137. The maximum Gasteiger partial charge on any atom is 0.321 e. The van der Waals surface area contributed by atoms with Crippen molar-refractivity contribution in [1.29, 1.82) is 0 Å². The fraction of sp³-hybridized carbons (Fsp3) is 0.667. The maximum absolute atomic E-state index is 10.8. The van der Waals surface area contributed by atoms with E-state index in [2.05, 4.69) is 0 Å². The van der Waals surface area contributed by atoms with Gasteiger partial charge in [-0.15, -0.1) is 0 Å². The Kier molecular flexibility index (Phi) is 7.52. The second kappa shape index (κ2) is 7.77. The Hall–Kier alpha value is -0.480. The number of carboxylic acids is 1. The van der Waals surface area contributed by atoms with Gasteiger partial charge in [0.05, 0.1) is 6.04 Å². The molecule has 7 nitrogen and oxygen atoms in total. The molecule has 8 N–H and O–H groups in total. The van der Waals surface area contributed by atoms with Crippen molar-refractivity contribution in [3.63, 3.8) is 0 Å². The van der Waals surface area contributed by atoms with Crippen LogP contribution in [-0.4, -0.2) is 40.6 Å². The molecule has 0 aromatic rings. The molecule has 0 saturated carbocycles. The van der Waals surface area contributed by atoms with Crippen LogP contribution in [0.1, 0.15) is 0 Å². The third kappa shape index (κ3) is 6.57. The largest absolute Gasteiger partial charge is 0.480 e. The molecule has 0 aromatic carbocycles. The smallest absolute Gasteiger partial charge is 0.321 e. The van der Waals surface area contributed by atoms with Crippen molar-refractivity contribution in [2.45, 2.75) is 12.1 Å². The maximum atomic E-state index is 10.8. The molecule has 0 saturated heterocycles. The molecule has 0 spiro atoms. The molecule has 2 unspecified atom stereocenters. The minimum Gasteiger partial charge on any atom is -0.480 e. The van der Waals surface area contributed by atoms with Crippen LogP contribution in [0.4, 0.5) is 0 Å². The number of nitrogens with two attached hydrogens (primary N) is 3. The third-order valence-electron chi connectivity index (χ3n) is 1.37. The van der Waals surface area contributed by atoms with Gasteiger partial charge in [-0.3, -0.25) is 15.0 Å². The lowest BCUT2D eigenvalue weighted by atomic mass is 10.3. The fourth-order valence-corrected chi connectivity index (χ4v) is 2.73. The molecule has 2 atom stereocenters. The summed E-state index contributed by atoms with van der Waals surface area (Å²) in [6, 6.07) is -1.60. The molecule has 0 fully saturated rings. The van der Waals surface area contributed by atoms with E-state index in [0.29, 0.717) is 5.75 Å². The van der Waals surface area contributed by atoms with Gasteiger partial charge in [0.25, 0.3) is 5.91 Å². The molecular formula is C6H14N4O3S2. The monoisotopic (exact) mass is 254 g/mol. The molecule has 15 heavy (non-hydrogen) atoms. The highest BCUT2D eigenvalue weighted by molar-refractivity contribution is 8.76. The number of carbonyl (C=O) groups excluding carboxylic acids is 1. The normalized spacial score (nSPS) is 14.3. The van der Waals surface area contributed by atoms with Crippen LogP contribution in [0, 0.1) is 0 Å². The average molecular weight is 254 g/mol. The first-order valence-corrected chi connectivity index (χ1v) is 6.46. The minimum atomic E-state index is -1.05. The second-order valence-corrected chi connectivity index (χ2v) is 5.18. The van der Waals surface area contributed by atoms with Gasteiger partial charge in [0.2, 0.25) is 0 Å². The highest BCUT2D eigenvalue weighted by Crippen LogP contribution is 2.21. The first-order chi connectivity index (χ1) is 6.99. The zero-order valence-corrected chi connectivity index (χ0v) is 9.51. The third-order valence-corrected chi connectivity index (χ3v) is 3.85. The van der Waals surface area contributed by atoms with Crippen LogP contribution < -0.4 is 22.7 Å². The van der Waals surface area contributed by atoms with E-state index in [1.807, 2.05) is 5.43 Å². The lowest BCUT2D eigenvalue weighted by Gasteiger charge is -2.09. The SMILES string of the molecule is NNC(=O)C(N)CSSCC(N)C(=O)O. The van der Waals surface area contributed by atoms with E-state index in [0.717, 1.165) is 0 Å².